The van der Waals surface area contributed by atoms with E-state index in [1.807, 2.05) is 13.8 Å². The Balaban J connectivity index is 1.85. The number of amides is 2. The van der Waals surface area contributed by atoms with Gasteiger partial charge in [0, 0.05) is 6.04 Å². The van der Waals surface area contributed by atoms with E-state index in [2.05, 4.69) is 26.1 Å². The molecule has 1 unspecified atom stereocenters. The molecule has 0 spiro atoms. The maximum Gasteiger partial charge on any atom is 0.293 e. The molecule has 8 nitrogen and oxygen atoms in total. The SMILES string of the molecule is CC(C)NC(=O)CNC(=O)c1noc(C2CCCN2)n1. The monoisotopic (exact) mass is 281 g/mol. The van der Waals surface area contributed by atoms with Gasteiger partial charge < -0.3 is 20.5 Å². The molecular weight excluding hydrogens is 262 g/mol. The van der Waals surface area contributed by atoms with Crippen molar-refractivity contribution >= 4 is 11.8 Å². The minimum Gasteiger partial charge on any atom is -0.352 e. The van der Waals surface area contributed by atoms with Crippen LogP contribution in [0.3, 0.4) is 0 Å². The van der Waals surface area contributed by atoms with Gasteiger partial charge in [-0.2, -0.15) is 4.98 Å². The Hall–Kier alpha value is -1.96. The van der Waals surface area contributed by atoms with E-state index >= 15 is 0 Å². The lowest BCUT2D eigenvalue weighted by molar-refractivity contribution is -0.120. The second kappa shape index (κ2) is 6.47. The van der Waals surface area contributed by atoms with Crippen molar-refractivity contribution in [2.75, 3.05) is 13.1 Å². The van der Waals surface area contributed by atoms with Gasteiger partial charge in [0.15, 0.2) is 0 Å². The van der Waals surface area contributed by atoms with Crippen LogP contribution in [0, 0.1) is 0 Å². The van der Waals surface area contributed by atoms with Gasteiger partial charge in [-0.15, -0.1) is 0 Å². The van der Waals surface area contributed by atoms with Gasteiger partial charge in [-0.1, -0.05) is 5.16 Å². The second-order valence-electron chi connectivity index (χ2n) is 5.01. The molecule has 8 heteroatoms. The Morgan fingerprint density at radius 1 is 1.50 bits per heavy atom. The molecule has 2 rings (SSSR count). The molecule has 1 saturated heterocycles. The van der Waals surface area contributed by atoms with E-state index in [-0.39, 0.29) is 30.4 Å². The van der Waals surface area contributed by atoms with E-state index in [0.717, 1.165) is 19.4 Å². The van der Waals surface area contributed by atoms with E-state index in [1.165, 1.54) is 0 Å². The lowest BCUT2D eigenvalue weighted by Gasteiger charge is -2.07. The quantitative estimate of drug-likeness (QED) is 0.686. The summed E-state index contributed by atoms with van der Waals surface area (Å²) in [5.41, 5.74) is 0. The molecule has 2 amide bonds. The molecule has 0 aliphatic carbocycles. The number of carbonyl (C=O) groups is 2. The average Bonchev–Trinajstić information content (AvgIpc) is 3.04. The molecule has 0 bridgehead atoms. The minimum atomic E-state index is -0.517. The van der Waals surface area contributed by atoms with Crippen LogP contribution < -0.4 is 16.0 Å². The van der Waals surface area contributed by atoms with Crippen molar-refractivity contribution in [1.82, 2.24) is 26.1 Å². The first-order chi connectivity index (χ1) is 9.56. The van der Waals surface area contributed by atoms with E-state index in [9.17, 15) is 9.59 Å². The van der Waals surface area contributed by atoms with Crippen molar-refractivity contribution < 1.29 is 14.1 Å². The van der Waals surface area contributed by atoms with Crippen LogP contribution in [-0.4, -0.2) is 41.1 Å². The molecule has 20 heavy (non-hydrogen) atoms. The summed E-state index contributed by atoms with van der Waals surface area (Å²) in [6.07, 6.45) is 1.96. The third-order valence-electron chi connectivity index (χ3n) is 2.86. The van der Waals surface area contributed by atoms with Crippen molar-refractivity contribution in [2.24, 2.45) is 0 Å². The molecule has 1 aliphatic rings. The van der Waals surface area contributed by atoms with Gasteiger partial charge in [-0.05, 0) is 33.2 Å². The van der Waals surface area contributed by atoms with Crippen molar-refractivity contribution in [3.63, 3.8) is 0 Å². The number of nitrogens with zero attached hydrogens (tertiary/aromatic N) is 2. The van der Waals surface area contributed by atoms with E-state index < -0.39 is 5.91 Å². The predicted octanol–water partition coefficient (Wildman–Crippen LogP) is -0.251. The maximum absolute atomic E-state index is 11.8. The summed E-state index contributed by atoms with van der Waals surface area (Å²) in [6.45, 7) is 4.49. The third kappa shape index (κ3) is 3.77. The fraction of sp³-hybridized carbons (Fsp3) is 0.667. The van der Waals surface area contributed by atoms with Gasteiger partial charge in [0.2, 0.25) is 11.8 Å². The molecule has 1 atom stereocenters. The van der Waals surface area contributed by atoms with E-state index in [1.54, 1.807) is 0 Å². The zero-order valence-corrected chi connectivity index (χ0v) is 11.6. The molecule has 110 valence electrons. The first-order valence-electron chi connectivity index (χ1n) is 6.71. The molecule has 0 radical (unpaired) electrons. The lowest BCUT2D eigenvalue weighted by atomic mass is 10.2. The summed E-state index contributed by atoms with van der Waals surface area (Å²) in [5.74, 6) is -0.406. The van der Waals surface area contributed by atoms with Crippen LogP contribution in [0.5, 0.6) is 0 Å². The number of nitrogens with one attached hydrogen (secondary N) is 3. The van der Waals surface area contributed by atoms with Gasteiger partial charge in [-0.25, -0.2) is 0 Å². The molecular formula is C12H19N5O3. The molecule has 0 saturated carbocycles. The number of aromatic nitrogens is 2. The largest absolute Gasteiger partial charge is 0.352 e. The van der Waals surface area contributed by atoms with Gasteiger partial charge in [0.05, 0.1) is 12.6 Å². The summed E-state index contributed by atoms with van der Waals surface area (Å²) in [5, 5.41) is 12.0. The summed E-state index contributed by atoms with van der Waals surface area (Å²) >= 11 is 0. The highest BCUT2D eigenvalue weighted by atomic mass is 16.5. The second-order valence-corrected chi connectivity index (χ2v) is 5.01. The number of carbonyl (C=O) groups excluding carboxylic acids is 2. The smallest absolute Gasteiger partial charge is 0.293 e. The van der Waals surface area contributed by atoms with E-state index in [0.29, 0.717) is 5.89 Å². The molecule has 1 aromatic rings. The lowest BCUT2D eigenvalue weighted by Crippen LogP contribution is -2.40. The molecule has 3 N–H and O–H groups in total. The average molecular weight is 281 g/mol. The third-order valence-corrected chi connectivity index (χ3v) is 2.86. The molecule has 2 heterocycles. The van der Waals surface area contributed by atoms with Crippen LogP contribution in [0.1, 0.15) is 49.2 Å². The first kappa shape index (κ1) is 14.4. The number of rotatable bonds is 5. The highest BCUT2D eigenvalue weighted by molar-refractivity contribution is 5.93. The van der Waals surface area contributed by atoms with Gasteiger partial charge >= 0.3 is 0 Å². The Kier molecular flexibility index (Phi) is 4.67. The topological polar surface area (TPSA) is 109 Å². The Bertz CT molecular complexity index is 479. The number of hydrogen-bond donors (Lipinski definition) is 3. The summed E-state index contributed by atoms with van der Waals surface area (Å²) < 4.78 is 5.06. The van der Waals surface area contributed by atoms with Crippen LogP contribution in [0.2, 0.25) is 0 Å². The molecule has 0 aromatic carbocycles. The molecule has 1 fully saturated rings. The minimum absolute atomic E-state index is 0.0216. The Morgan fingerprint density at radius 3 is 2.95 bits per heavy atom. The number of hydrogen-bond acceptors (Lipinski definition) is 6. The van der Waals surface area contributed by atoms with E-state index in [4.69, 9.17) is 4.52 Å². The van der Waals surface area contributed by atoms with Crippen LogP contribution in [0.15, 0.2) is 4.52 Å². The van der Waals surface area contributed by atoms with Crippen molar-refractivity contribution in [3.8, 4) is 0 Å². The zero-order chi connectivity index (χ0) is 14.5. The zero-order valence-electron chi connectivity index (χ0n) is 11.6. The highest BCUT2D eigenvalue weighted by Crippen LogP contribution is 2.20. The fourth-order valence-electron chi connectivity index (χ4n) is 1.98. The van der Waals surface area contributed by atoms with Crippen LogP contribution in [0.4, 0.5) is 0 Å². The summed E-state index contributed by atoms with van der Waals surface area (Å²) in [4.78, 5) is 27.2. The normalized spacial score (nSPS) is 18.2. The first-order valence-corrected chi connectivity index (χ1v) is 6.71. The maximum atomic E-state index is 11.8. The van der Waals surface area contributed by atoms with Crippen molar-refractivity contribution in [3.05, 3.63) is 11.7 Å². The summed E-state index contributed by atoms with van der Waals surface area (Å²) in [6, 6.07) is 0.0536. The fourth-order valence-corrected chi connectivity index (χ4v) is 1.98. The van der Waals surface area contributed by atoms with Crippen LogP contribution in [-0.2, 0) is 4.79 Å². The van der Waals surface area contributed by atoms with Crippen molar-refractivity contribution in [1.29, 1.82) is 0 Å². The molecule has 1 aliphatic heterocycles. The van der Waals surface area contributed by atoms with Crippen LogP contribution >= 0.6 is 0 Å². The van der Waals surface area contributed by atoms with Gasteiger partial charge in [0.25, 0.3) is 11.7 Å². The van der Waals surface area contributed by atoms with Gasteiger partial charge in [-0.3, -0.25) is 9.59 Å². The molecule has 1 aromatic heterocycles. The van der Waals surface area contributed by atoms with Gasteiger partial charge in [0.1, 0.15) is 0 Å². The van der Waals surface area contributed by atoms with Crippen LogP contribution in [0.25, 0.3) is 0 Å². The highest BCUT2D eigenvalue weighted by Gasteiger charge is 2.24. The Morgan fingerprint density at radius 2 is 2.30 bits per heavy atom. The standard InChI is InChI=1S/C12H19N5O3/c1-7(2)15-9(18)6-14-11(19)10-16-12(20-17-10)8-4-3-5-13-8/h7-8,13H,3-6H2,1-2H3,(H,14,19)(H,15,18). The summed E-state index contributed by atoms with van der Waals surface area (Å²) in [7, 11) is 0. The van der Waals surface area contributed by atoms with Crippen molar-refractivity contribution in [2.45, 2.75) is 38.8 Å². The Labute approximate surface area is 116 Å². The predicted molar refractivity (Wildman–Crippen MR) is 69.9 cm³/mol.